The summed E-state index contributed by atoms with van der Waals surface area (Å²) in [6.45, 7) is 3.92. The molecule has 4 unspecified atom stereocenters. The van der Waals surface area contributed by atoms with Crippen LogP contribution in [0.3, 0.4) is 0 Å². The van der Waals surface area contributed by atoms with Gasteiger partial charge in [-0.15, -0.1) is 0 Å². The zero-order valence-corrected chi connectivity index (χ0v) is 17.5. The number of ether oxygens (including phenoxy) is 3. The van der Waals surface area contributed by atoms with Gasteiger partial charge in [0.1, 0.15) is 5.78 Å². The molecule has 0 aromatic heterocycles. The van der Waals surface area contributed by atoms with E-state index in [2.05, 4.69) is 5.32 Å². The smallest absolute Gasteiger partial charge is 0.203 e. The predicted molar refractivity (Wildman–Crippen MR) is 110 cm³/mol. The second kappa shape index (κ2) is 8.41. The molecule has 3 rings (SSSR count). The summed E-state index contributed by atoms with van der Waals surface area (Å²) < 4.78 is 16.4. The minimum absolute atomic E-state index is 0.106. The van der Waals surface area contributed by atoms with Gasteiger partial charge in [-0.05, 0) is 35.4 Å². The third-order valence-electron chi connectivity index (χ3n) is 5.53. The molecule has 2 aromatic rings. The highest BCUT2D eigenvalue weighted by Crippen LogP contribution is 2.44. The van der Waals surface area contributed by atoms with Crippen LogP contribution in [0.25, 0.3) is 0 Å². The molecule has 0 amide bonds. The van der Waals surface area contributed by atoms with E-state index in [0.29, 0.717) is 22.3 Å². The van der Waals surface area contributed by atoms with Crippen molar-refractivity contribution in [2.24, 2.45) is 11.8 Å². The van der Waals surface area contributed by atoms with Crippen molar-refractivity contribution in [3.8, 4) is 17.2 Å². The molecule has 4 atom stereocenters. The van der Waals surface area contributed by atoms with Gasteiger partial charge in [0, 0.05) is 28.9 Å². The summed E-state index contributed by atoms with van der Waals surface area (Å²) in [6, 6.07) is 11.1. The standard InChI is InChI=1S/C22H26ClNO4/c1-12-19(14-6-8-16(23)9-7-14)24-20(13(2)21(12)25)15-10-17(26-3)22(28-5)18(11-15)27-4/h6-13,19-20,24H,1-5H3. The summed E-state index contributed by atoms with van der Waals surface area (Å²) in [5.74, 6) is 1.55. The first kappa shape index (κ1) is 20.5. The van der Waals surface area contributed by atoms with Crippen molar-refractivity contribution < 1.29 is 19.0 Å². The maximum absolute atomic E-state index is 13.0. The molecule has 0 radical (unpaired) electrons. The van der Waals surface area contributed by atoms with Gasteiger partial charge in [0.2, 0.25) is 5.75 Å². The fourth-order valence-electron chi connectivity index (χ4n) is 3.95. The van der Waals surface area contributed by atoms with Crippen molar-refractivity contribution in [3.63, 3.8) is 0 Å². The zero-order valence-electron chi connectivity index (χ0n) is 16.8. The lowest BCUT2D eigenvalue weighted by Gasteiger charge is -2.39. The lowest BCUT2D eigenvalue weighted by atomic mass is 9.76. The Morgan fingerprint density at radius 2 is 1.32 bits per heavy atom. The highest BCUT2D eigenvalue weighted by Gasteiger charge is 2.40. The van der Waals surface area contributed by atoms with Gasteiger partial charge < -0.3 is 19.5 Å². The number of halogens is 1. The first-order chi connectivity index (χ1) is 13.4. The normalized spacial score (nSPS) is 24.7. The van der Waals surface area contributed by atoms with E-state index in [9.17, 15) is 4.79 Å². The summed E-state index contributed by atoms with van der Waals surface area (Å²) in [4.78, 5) is 13.0. The average Bonchev–Trinajstić information content (AvgIpc) is 2.72. The lowest BCUT2D eigenvalue weighted by molar-refractivity contribution is -0.130. The van der Waals surface area contributed by atoms with Gasteiger partial charge in [-0.3, -0.25) is 4.79 Å². The molecule has 1 aliphatic rings. The SMILES string of the molecule is COc1cc(C2NC(c3ccc(Cl)cc3)C(C)C(=O)C2C)cc(OC)c1OC. The second-order valence-corrected chi connectivity index (χ2v) is 7.55. The maximum atomic E-state index is 13.0. The second-order valence-electron chi connectivity index (χ2n) is 7.11. The van der Waals surface area contributed by atoms with Crippen molar-refractivity contribution in [3.05, 3.63) is 52.5 Å². The number of carbonyl (C=O) groups is 1. The minimum Gasteiger partial charge on any atom is -0.493 e. The Balaban J connectivity index is 2.03. The largest absolute Gasteiger partial charge is 0.493 e. The van der Waals surface area contributed by atoms with Gasteiger partial charge in [0.05, 0.1) is 21.3 Å². The van der Waals surface area contributed by atoms with E-state index in [4.69, 9.17) is 25.8 Å². The number of piperidine rings is 1. The number of carbonyl (C=O) groups excluding carboxylic acids is 1. The van der Waals surface area contributed by atoms with Gasteiger partial charge in [-0.2, -0.15) is 0 Å². The van der Waals surface area contributed by atoms with E-state index in [0.717, 1.165) is 11.1 Å². The molecule has 1 aliphatic heterocycles. The first-order valence-electron chi connectivity index (χ1n) is 9.26. The minimum atomic E-state index is -0.193. The Hall–Kier alpha value is -2.24. The highest BCUT2D eigenvalue weighted by atomic mass is 35.5. The third-order valence-corrected chi connectivity index (χ3v) is 5.78. The molecule has 6 heteroatoms. The molecule has 28 heavy (non-hydrogen) atoms. The van der Waals surface area contributed by atoms with Crippen molar-refractivity contribution >= 4 is 17.4 Å². The van der Waals surface area contributed by atoms with E-state index in [1.54, 1.807) is 21.3 Å². The zero-order chi connectivity index (χ0) is 20.4. The van der Waals surface area contributed by atoms with Crippen molar-refractivity contribution in [1.82, 2.24) is 5.32 Å². The molecular weight excluding hydrogens is 378 g/mol. The number of hydrogen-bond acceptors (Lipinski definition) is 5. The molecule has 1 N–H and O–H groups in total. The highest BCUT2D eigenvalue weighted by molar-refractivity contribution is 6.30. The monoisotopic (exact) mass is 403 g/mol. The van der Waals surface area contributed by atoms with Crippen LogP contribution in [0.2, 0.25) is 5.02 Å². The number of Topliss-reactive ketones (excluding diaryl/α,β-unsaturated/α-hetero) is 1. The summed E-state index contributed by atoms with van der Waals surface area (Å²) in [5, 5.41) is 4.33. The van der Waals surface area contributed by atoms with E-state index >= 15 is 0 Å². The van der Waals surface area contributed by atoms with Crippen LogP contribution in [0.5, 0.6) is 17.2 Å². The van der Waals surface area contributed by atoms with Crippen molar-refractivity contribution in [2.45, 2.75) is 25.9 Å². The Morgan fingerprint density at radius 1 is 0.821 bits per heavy atom. The number of benzene rings is 2. The van der Waals surface area contributed by atoms with Gasteiger partial charge in [-0.25, -0.2) is 0 Å². The van der Waals surface area contributed by atoms with Crippen molar-refractivity contribution in [2.75, 3.05) is 21.3 Å². The third kappa shape index (κ3) is 3.69. The van der Waals surface area contributed by atoms with E-state index in [1.165, 1.54) is 0 Å². The maximum Gasteiger partial charge on any atom is 0.203 e. The quantitative estimate of drug-likeness (QED) is 0.791. The summed E-state index contributed by atoms with van der Waals surface area (Å²) in [6.07, 6.45) is 0. The van der Waals surface area contributed by atoms with E-state index in [1.807, 2.05) is 50.2 Å². The van der Waals surface area contributed by atoms with Crippen LogP contribution < -0.4 is 19.5 Å². The molecule has 0 spiro atoms. The van der Waals surface area contributed by atoms with Crippen LogP contribution in [0.1, 0.15) is 37.1 Å². The van der Waals surface area contributed by atoms with Gasteiger partial charge >= 0.3 is 0 Å². The van der Waals surface area contributed by atoms with Crippen molar-refractivity contribution in [1.29, 1.82) is 0 Å². The molecule has 1 fully saturated rings. The van der Waals surface area contributed by atoms with Gasteiger partial charge in [-0.1, -0.05) is 37.6 Å². The van der Waals surface area contributed by atoms with E-state index in [-0.39, 0.29) is 29.7 Å². The molecule has 5 nitrogen and oxygen atoms in total. The number of methoxy groups -OCH3 is 3. The topological polar surface area (TPSA) is 56.8 Å². The number of nitrogens with one attached hydrogen (secondary N) is 1. The number of rotatable bonds is 5. The molecule has 0 saturated carbocycles. The van der Waals surface area contributed by atoms with E-state index < -0.39 is 0 Å². The summed E-state index contributed by atoms with van der Waals surface area (Å²) in [7, 11) is 4.74. The average molecular weight is 404 g/mol. The number of ketones is 1. The fraction of sp³-hybridized carbons (Fsp3) is 0.409. The number of hydrogen-bond donors (Lipinski definition) is 1. The molecule has 1 heterocycles. The summed E-state index contributed by atoms with van der Waals surface area (Å²) in [5.41, 5.74) is 1.95. The Bertz CT molecular complexity index is 827. The van der Waals surface area contributed by atoms with Crippen LogP contribution in [-0.2, 0) is 4.79 Å². The van der Waals surface area contributed by atoms with Gasteiger partial charge in [0.15, 0.2) is 11.5 Å². The summed E-state index contributed by atoms with van der Waals surface area (Å²) >= 11 is 6.03. The Labute approximate surface area is 170 Å². The van der Waals surface area contributed by atoms with Gasteiger partial charge in [0.25, 0.3) is 0 Å². The predicted octanol–water partition coefficient (Wildman–Crippen LogP) is 4.59. The fourth-order valence-corrected chi connectivity index (χ4v) is 4.07. The van der Waals surface area contributed by atoms with Crippen LogP contribution in [0.15, 0.2) is 36.4 Å². The van der Waals surface area contributed by atoms with Crippen LogP contribution in [0, 0.1) is 11.8 Å². The molecule has 0 aliphatic carbocycles. The molecule has 2 aromatic carbocycles. The Kier molecular flexibility index (Phi) is 6.16. The van der Waals surface area contributed by atoms with Crippen LogP contribution in [-0.4, -0.2) is 27.1 Å². The molecule has 150 valence electrons. The molecule has 1 saturated heterocycles. The first-order valence-corrected chi connectivity index (χ1v) is 9.64. The lowest BCUT2D eigenvalue weighted by Crippen LogP contribution is -2.46. The molecule has 0 bridgehead atoms. The van der Waals surface area contributed by atoms with Crippen LogP contribution in [0.4, 0.5) is 0 Å². The Morgan fingerprint density at radius 3 is 1.79 bits per heavy atom. The van der Waals surface area contributed by atoms with Crippen LogP contribution >= 0.6 is 11.6 Å². The molecular formula is C22H26ClNO4.